The molecule has 5 heteroatoms. The van der Waals surface area contributed by atoms with Crippen LogP contribution in [0.2, 0.25) is 0 Å². The zero-order valence-corrected chi connectivity index (χ0v) is 15.7. The van der Waals surface area contributed by atoms with Crippen LogP contribution < -0.4 is 5.32 Å². The SMILES string of the molecule is Cc1ccc(CN(C)CN2C(=O)N[C@@](C)(c3ccccc3)C2=O)c(C)c1. The molecule has 1 fully saturated rings. The lowest BCUT2D eigenvalue weighted by Gasteiger charge is -2.25. The molecule has 0 spiro atoms. The Labute approximate surface area is 154 Å². The number of hydrogen-bond acceptors (Lipinski definition) is 3. The normalized spacial score (nSPS) is 20.0. The molecule has 0 bridgehead atoms. The zero-order valence-electron chi connectivity index (χ0n) is 15.7. The number of imide groups is 1. The third kappa shape index (κ3) is 3.35. The number of urea groups is 1. The Morgan fingerprint density at radius 3 is 2.42 bits per heavy atom. The monoisotopic (exact) mass is 351 g/mol. The lowest BCUT2D eigenvalue weighted by Crippen LogP contribution is -2.42. The minimum absolute atomic E-state index is 0.221. The summed E-state index contributed by atoms with van der Waals surface area (Å²) in [4.78, 5) is 28.7. The van der Waals surface area contributed by atoms with E-state index in [2.05, 4.69) is 37.4 Å². The van der Waals surface area contributed by atoms with Crippen LogP contribution in [0.1, 0.15) is 29.2 Å². The molecule has 1 N–H and O–H groups in total. The second kappa shape index (κ2) is 6.92. The predicted octanol–water partition coefficient (Wildman–Crippen LogP) is 3.16. The van der Waals surface area contributed by atoms with Gasteiger partial charge in [0.15, 0.2) is 0 Å². The van der Waals surface area contributed by atoms with Gasteiger partial charge in [0.2, 0.25) is 0 Å². The summed E-state index contributed by atoms with van der Waals surface area (Å²) in [6.07, 6.45) is 0. The smallest absolute Gasteiger partial charge is 0.319 e. The average molecular weight is 351 g/mol. The molecular formula is C21H25N3O2. The van der Waals surface area contributed by atoms with Gasteiger partial charge in [0.25, 0.3) is 5.91 Å². The second-order valence-electron chi connectivity index (χ2n) is 7.24. The van der Waals surface area contributed by atoms with E-state index in [1.54, 1.807) is 6.92 Å². The number of nitrogens with zero attached hydrogens (tertiary/aromatic N) is 2. The highest BCUT2D eigenvalue weighted by molar-refractivity contribution is 6.07. The van der Waals surface area contributed by atoms with Crippen molar-refractivity contribution in [1.82, 2.24) is 15.1 Å². The standard InChI is InChI=1S/C21H25N3O2/c1-15-10-11-17(16(2)12-15)13-23(4)14-24-19(25)21(3,22-20(24)26)18-8-6-5-7-9-18/h5-12H,13-14H2,1-4H3,(H,22,26)/t21-/m0/s1. The first-order valence-corrected chi connectivity index (χ1v) is 8.75. The molecule has 5 nitrogen and oxygen atoms in total. The molecule has 1 heterocycles. The van der Waals surface area contributed by atoms with Gasteiger partial charge in [-0.1, -0.05) is 54.1 Å². The number of aryl methyl sites for hydroxylation is 2. The van der Waals surface area contributed by atoms with Crippen molar-refractivity contribution in [2.75, 3.05) is 13.7 Å². The van der Waals surface area contributed by atoms with E-state index in [1.807, 2.05) is 42.3 Å². The van der Waals surface area contributed by atoms with E-state index in [9.17, 15) is 9.59 Å². The molecule has 136 valence electrons. The van der Waals surface area contributed by atoms with Crippen LogP contribution in [0.25, 0.3) is 0 Å². The van der Waals surface area contributed by atoms with Crippen molar-refractivity contribution < 1.29 is 9.59 Å². The molecule has 0 unspecified atom stereocenters. The fraction of sp³-hybridized carbons (Fsp3) is 0.333. The highest BCUT2D eigenvalue weighted by Crippen LogP contribution is 2.28. The molecule has 0 radical (unpaired) electrons. The fourth-order valence-electron chi connectivity index (χ4n) is 3.40. The molecule has 1 aliphatic rings. The summed E-state index contributed by atoms with van der Waals surface area (Å²) in [7, 11) is 1.91. The summed E-state index contributed by atoms with van der Waals surface area (Å²) in [6.45, 7) is 6.83. The number of hydrogen-bond donors (Lipinski definition) is 1. The molecule has 3 amide bonds. The van der Waals surface area contributed by atoms with E-state index in [1.165, 1.54) is 21.6 Å². The molecule has 1 atom stereocenters. The summed E-state index contributed by atoms with van der Waals surface area (Å²) < 4.78 is 0. The van der Waals surface area contributed by atoms with Crippen molar-refractivity contribution in [2.45, 2.75) is 32.9 Å². The molecule has 26 heavy (non-hydrogen) atoms. The molecule has 1 saturated heterocycles. The van der Waals surface area contributed by atoms with Crippen LogP contribution in [-0.2, 0) is 16.9 Å². The van der Waals surface area contributed by atoms with Gasteiger partial charge in [-0.15, -0.1) is 0 Å². The molecule has 2 aromatic rings. The van der Waals surface area contributed by atoms with Gasteiger partial charge in [0, 0.05) is 6.54 Å². The number of carbonyl (C=O) groups excluding carboxylic acids is 2. The van der Waals surface area contributed by atoms with Crippen LogP contribution in [0.3, 0.4) is 0 Å². The van der Waals surface area contributed by atoms with Gasteiger partial charge in [-0.2, -0.15) is 0 Å². The first kappa shape index (κ1) is 18.1. The van der Waals surface area contributed by atoms with Gasteiger partial charge in [-0.25, -0.2) is 9.69 Å². The number of nitrogens with one attached hydrogen (secondary N) is 1. The van der Waals surface area contributed by atoms with Crippen molar-refractivity contribution in [2.24, 2.45) is 0 Å². The quantitative estimate of drug-likeness (QED) is 0.842. The molecule has 1 aliphatic heterocycles. The van der Waals surface area contributed by atoms with Gasteiger partial charge >= 0.3 is 6.03 Å². The molecule has 0 saturated carbocycles. The summed E-state index contributed by atoms with van der Waals surface area (Å²) in [5.74, 6) is -0.221. The van der Waals surface area contributed by atoms with Crippen LogP contribution in [0, 0.1) is 13.8 Å². The van der Waals surface area contributed by atoms with Gasteiger partial charge in [0.1, 0.15) is 5.54 Å². The maximum atomic E-state index is 13.0. The van der Waals surface area contributed by atoms with E-state index in [0.717, 1.165) is 5.56 Å². The maximum absolute atomic E-state index is 13.0. The minimum atomic E-state index is -1.01. The van der Waals surface area contributed by atoms with Crippen molar-refractivity contribution in [3.63, 3.8) is 0 Å². The minimum Gasteiger partial charge on any atom is -0.319 e. The van der Waals surface area contributed by atoms with Crippen LogP contribution in [0.15, 0.2) is 48.5 Å². The van der Waals surface area contributed by atoms with Crippen LogP contribution in [0.4, 0.5) is 4.79 Å². The lowest BCUT2D eigenvalue weighted by atomic mass is 9.92. The summed E-state index contributed by atoms with van der Waals surface area (Å²) in [6, 6.07) is 15.3. The summed E-state index contributed by atoms with van der Waals surface area (Å²) in [5, 5.41) is 2.85. The molecule has 3 rings (SSSR count). The first-order chi connectivity index (χ1) is 12.3. The third-order valence-corrected chi connectivity index (χ3v) is 4.95. The van der Waals surface area contributed by atoms with E-state index >= 15 is 0 Å². The Hall–Kier alpha value is -2.66. The van der Waals surface area contributed by atoms with E-state index < -0.39 is 5.54 Å². The molecule has 0 aliphatic carbocycles. The number of benzene rings is 2. The van der Waals surface area contributed by atoms with Gasteiger partial charge in [0.05, 0.1) is 6.67 Å². The third-order valence-electron chi connectivity index (χ3n) is 4.95. The Balaban J connectivity index is 1.73. The van der Waals surface area contributed by atoms with Gasteiger partial charge in [-0.05, 0) is 44.5 Å². The number of rotatable bonds is 5. The van der Waals surface area contributed by atoms with Gasteiger partial charge < -0.3 is 5.32 Å². The lowest BCUT2D eigenvalue weighted by molar-refractivity contribution is -0.132. The first-order valence-electron chi connectivity index (χ1n) is 8.75. The van der Waals surface area contributed by atoms with E-state index in [0.29, 0.717) is 6.54 Å². The van der Waals surface area contributed by atoms with Gasteiger partial charge in [-0.3, -0.25) is 9.69 Å². The van der Waals surface area contributed by atoms with Crippen molar-refractivity contribution in [3.05, 3.63) is 70.8 Å². The van der Waals surface area contributed by atoms with Crippen LogP contribution in [0.5, 0.6) is 0 Å². The van der Waals surface area contributed by atoms with Crippen molar-refractivity contribution in [3.8, 4) is 0 Å². The fourth-order valence-corrected chi connectivity index (χ4v) is 3.40. The summed E-state index contributed by atoms with van der Waals surface area (Å²) in [5.41, 5.74) is 3.40. The zero-order chi connectivity index (χ0) is 18.9. The highest BCUT2D eigenvalue weighted by Gasteiger charge is 2.49. The number of amides is 3. The molecular weight excluding hydrogens is 326 g/mol. The Morgan fingerprint density at radius 2 is 1.77 bits per heavy atom. The number of carbonyl (C=O) groups is 2. The predicted molar refractivity (Wildman–Crippen MR) is 101 cm³/mol. The molecule has 2 aromatic carbocycles. The Morgan fingerprint density at radius 1 is 1.08 bits per heavy atom. The average Bonchev–Trinajstić information content (AvgIpc) is 2.82. The maximum Gasteiger partial charge on any atom is 0.326 e. The topological polar surface area (TPSA) is 52.6 Å². The Bertz CT molecular complexity index is 834. The largest absolute Gasteiger partial charge is 0.326 e. The second-order valence-corrected chi connectivity index (χ2v) is 7.24. The van der Waals surface area contributed by atoms with Crippen molar-refractivity contribution in [1.29, 1.82) is 0 Å². The Kier molecular flexibility index (Phi) is 4.83. The van der Waals surface area contributed by atoms with E-state index in [4.69, 9.17) is 0 Å². The van der Waals surface area contributed by atoms with Crippen LogP contribution in [-0.4, -0.2) is 35.5 Å². The van der Waals surface area contributed by atoms with Crippen molar-refractivity contribution >= 4 is 11.9 Å². The van der Waals surface area contributed by atoms with E-state index in [-0.39, 0.29) is 18.6 Å². The highest BCUT2D eigenvalue weighted by atomic mass is 16.2. The molecule has 0 aromatic heterocycles. The summed E-state index contributed by atoms with van der Waals surface area (Å²) >= 11 is 0. The van der Waals surface area contributed by atoms with Crippen LogP contribution >= 0.6 is 0 Å².